The Morgan fingerprint density at radius 2 is 2.32 bits per heavy atom. The summed E-state index contributed by atoms with van der Waals surface area (Å²) >= 11 is 1.80. The first-order valence-electron chi connectivity index (χ1n) is 6.32. The molecule has 6 heteroatoms. The smallest absolute Gasteiger partial charge is 0.218 e. The maximum absolute atomic E-state index is 5.49. The second kappa shape index (κ2) is 9.49. The van der Waals surface area contributed by atoms with Crippen molar-refractivity contribution in [1.29, 1.82) is 0 Å². The predicted octanol–water partition coefficient (Wildman–Crippen LogP) is 1.51. The van der Waals surface area contributed by atoms with Gasteiger partial charge in [0.2, 0.25) is 5.88 Å². The van der Waals surface area contributed by atoms with Crippen molar-refractivity contribution in [3.05, 3.63) is 23.9 Å². The number of guanidine groups is 1. The number of nitrogens with zero attached hydrogens (tertiary/aromatic N) is 2. The van der Waals surface area contributed by atoms with Gasteiger partial charge in [0.1, 0.15) is 0 Å². The van der Waals surface area contributed by atoms with Crippen LogP contribution >= 0.6 is 11.8 Å². The maximum atomic E-state index is 5.49. The highest BCUT2D eigenvalue weighted by Gasteiger charge is 2.04. The van der Waals surface area contributed by atoms with E-state index in [9.17, 15) is 0 Å². The third kappa shape index (κ3) is 5.83. The molecule has 1 rings (SSSR count). The van der Waals surface area contributed by atoms with Gasteiger partial charge in [-0.25, -0.2) is 4.98 Å². The highest BCUT2D eigenvalue weighted by molar-refractivity contribution is 7.98. The van der Waals surface area contributed by atoms with E-state index >= 15 is 0 Å². The fourth-order valence-corrected chi connectivity index (χ4v) is 1.80. The summed E-state index contributed by atoms with van der Waals surface area (Å²) < 4.78 is 5.49. The fourth-order valence-electron chi connectivity index (χ4n) is 1.50. The molecule has 5 nitrogen and oxygen atoms in total. The first-order chi connectivity index (χ1) is 9.31. The van der Waals surface area contributed by atoms with Crippen molar-refractivity contribution >= 4 is 17.7 Å². The number of ether oxygens (including phenoxy) is 1. The summed E-state index contributed by atoms with van der Waals surface area (Å²) in [7, 11) is 1.76. The monoisotopic (exact) mass is 282 g/mol. The molecule has 0 saturated carbocycles. The molecular weight excluding hydrogens is 260 g/mol. The molecule has 1 aromatic heterocycles. The number of hydrogen-bond acceptors (Lipinski definition) is 4. The van der Waals surface area contributed by atoms with Crippen LogP contribution in [-0.2, 0) is 6.54 Å². The van der Waals surface area contributed by atoms with E-state index in [1.165, 1.54) is 0 Å². The molecule has 0 unspecified atom stereocenters. The summed E-state index contributed by atoms with van der Waals surface area (Å²) in [5.74, 6) is 2.52. The lowest BCUT2D eigenvalue weighted by molar-refractivity contribution is 0.322. The topological polar surface area (TPSA) is 58.5 Å². The Morgan fingerprint density at radius 1 is 1.47 bits per heavy atom. The highest BCUT2D eigenvalue weighted by Crippen LogP contribution is 2.13. The third-order valence-corrected chi connectivity index (χ3v) is 3.01. The predicted molar refractivity (Wildman–Crippen MR) is 82.0 cm³/mol. The molecule has 1 heterocycles. The molecule has 0 amide bonds. The molecule has 106 valence electrons. The van der Waals surface area contributed by atoms with Gasteiger partial charge in [0, 0.05) is 37.7 Å². The van der Waals surface area contributed by atoms with Crippen molar-refractivity contribution in [3.63, 3.8) is 0 Å². The Balaban J connectivity index is 2.50. The summed E-state index contributed by atoms with van der Waals surface area (Å²) in [5, 5.41) is 6.50. The number of rotatable bonds is 7. The van der Waals surface area contributed by atoms with Crippen LogP contribution in [0.25, 0.3) is 0 Å². The van der Waals surface area contributed by atoms with Gasteiger partial charge in [-0.3, -0.25) is 4.99 Å². The van der Waals surface area contributed by atoms with Gasteiger partial charge in [0.05, 0.1) is 6.61 Å². The minimum atomic E-state index is 0.616. The van der Waals surface area contributed by atoms with E-state index in [-0.39, 0.29) is 0 Å². The fraction of sp³-hybridized carbons (Fsp3) is 0.538. The van der Waals surface area contributed by atoms with Crippen LogP contribution in [0, 0.1) is 0 Å². The van der Waals surface area contributed by atoms with Crippen LogP contribution in [0.5, 0.6) is 5.88 Å². The molecule has 0 aliphatic rings. The quantitative estimate of drug-likeness (QED) is 0.451. The zero-order valence-electron chi connectivity index (χ0n) is 11.8. The Hall–Kier alpha value is -1.43. The Bertz CT molecular complexity index is 398. The minimum Gasteiger partial charge on any atom is -0.478 e. The zero-order valence-corrected chi connectivity index (χ0v) is 12.6. The SMILES string of the molecule is CCOc1ncccc1CNC(=NC)NCCSC. The van der Waals surface area contributed by atoms with Crippen molar-refractivity contribution in [3.8, 4) is 5.88 Å². The molecule has 0 atom stereocenters. The van der Waals surface area contributed by atoms with E-state index in [1.807, 2.05) is 19.1 Å². The van der Waals surface area contributed by atoms with Crippen LogP contribution in [0.4, 0.5) is 0 Å². The van der Waals surface area contributed by atoms with Gasteiger partial charge >= 0.3 is 0 Å². The molecule has 0 aliphatic heterocycles. The van der Waals surface area contributed by atoms with Gasteiger partial charge in [-0.2, -0.15) is 11.8 Å². The first-order valence-corrected chi connectivity index (χ1v) is 7.71. The van der Waals surface area contributed by atoms with Crippen LogP contribution in [0.2, 0.25) is 0 Å². The van der Waals surface area contributed by atoms with Crippen LogP contribution < -0.4 is 15.4 Å². The van der Waals surface area contributed by atoms with Crippen LogP contribution in [-0.4, -0.2) is 43.2 Å². The standard InChI is InChI=1S/C13H22N4OS/c1-4-18-12-11(6-5-7-15-12)10-17-13(14-2)16-8-9-19-3/h5-7H,4,8-10H2,1-3H3,(H2,14,16,17). The molecular formula is C13H22N4OS. The number of aliphatic imine (C=N–C) groups is 1. The van der Waals surface area contributed by atoms with Gasteiger partial charge in [0.25, 0.3) is 0 Å². The molecule has 0 radical (unpaired) electrons. The number of thioether (sulfide) groups is 1. The van der Waals surface area contributed by atoms with Gasteiger partial charge in [-0.15, -0.1) is 0 Å². The van der Waals surface area contributed by atoms with E-state index in [1.54, 1.807) is 25.0 Å². The molecule has 0 aliphatic carbocycles. The molecule has 0 spiro atoms. The molecule has 2 N–H and O–H groups in total. The molecule has 19 heavy (non-hydrogen) atoms. The van der Waals surface area contributed by atoms with Crippen LogP contribution in [0.1, 0.15) is 12.5 Å². The van der Waals surface area contributed by atoms with E-state index in [0.717, 1.165) is 23.8 Å². The van der Waals surface area contributed by atoms with E-state index in [0.29, 0.717) is 19.0 Å². The second-order valence-corrected chi connectivity index (χ2v) is 4.73. The Labute approximate surface area is 119 Å². The summed E-state index contributed by atoms with van der Waals surface area (Å²) in [6.45, 7) is 4.10. The highest BCUT2D eigenvalue weighted by atomic mass is 32.2. The molecule has 0 fully saturated rings. The van der Waals surface area contributed by atoms with Crippen molar-refractivity contribution in [1.82, 2.24) is 15.6 Å². The average molecular weight is 282 g/mol. The maximum Gasteiger partial charge on any atom is 0.218 e. The van der Waals surface area contributed by atoms with Crippen molar-refractivity contribution in [2.24, 2.45) is 4.99 Å². The number of nitrogens with one attached hydrogen (secondary N) is 2. The largest absolute Gasteiger partial charge is 0.478 e. The summed E-state index contributed by atoms with van der Waals surface area (Å²) in [6, 6.07) is 3.91. The molecule has 1 aromatic rings. The lowest BCUT2D eigenvalue weighted by Crippen LogP contribution is -2.38. The number of aromatic nitrogens is 1. The minimum absolute atomic E-state index is 0.616. The van der Waals surface area contributed by atoms with Gasteiger partial charge in [-0.05, 0) is 19.2 Å². The van der Waals surface area contributed by atoms with E-state index in [2.05, 4.69) is 26.9 Å². The van der Waals surface area contributed by atoms with Gasteiger partial charge in [-0.1, -0.05) is 6.07 Å². The average Bonchev–Trinajstić information content (AvgIpc) is 2.44. The van der Waals surface area contributed by atoms with Gasteiger partial charge in [0.15, 0.2) is 5.96 Å². The number of pyridine rings is 1. The lowest BCUT2D eigenvalue weighted by atomic mass is 10.2. The van der Waals surface area contributed by atoms with Crippen LogP contribution in [0.3, 0.4) is 0 Å². The normalized spacial score (nSPS) is 11.2. The second-order valence-electron chi connectivity index (χ2n) is 3.75. The zero-order chi connectivity index (χ0) is 13.9. The third-order valence-electron chi connectivity index (χ3n) is 2.40. The van der Waals surface area contributed by atoms with E-state index < -0.39 is 0 Å². The summed E-state index contributed by atoms with van der Waals surface area (Å²) in [5.41, 5.74) is 1.03. The van der Waals surface area contributed by atoms with Crippen molar-refractivity contribution in [2.45, 2.75) is 13.5 Å². The molecule has 0 bridgehead atoms. The van der Waals surface area contributed by atoms with E-state index in [4.69, 9.17) is 4.74 Å². The summed E-state index contributed by atoms with van der Waals surface area (Å²) in [6.07, 6.45) is 3.82. The van der Waals surface area contributed by atoms with Gasteiger partial charge < -0.3 is 15.4 Å². The summed E-state index contributed by atoms with van der Waals surface area (Å²) in [4.78, 5) is 8.40. The Morgan fingerprint density at radius 3 is 3.00 bits per heavy atom. The lowest BCUT2D eigenvalue weighted by Gasteiger charge is -2.13. The van der Waals surface area contributed by atoms with Crippen molar-refractivity contribution < 1.29 is 4.74 Å². The molecule has 0 saturated heterocycles. The first kappa shape index (κ1) is 15.6. The molecule has 0 aromatic carbocycles. The number of hydrogen-bond donors (Lipinski definition) is 2. The van der Waals surface area contributed by atoms with Crippen LogP contribution in [0.15, 0.2) is 23.3 Å². The van der Waals surface area contributed by atoms with Crippen molar-refractivity contribution in [2.75, 3.05) is 32.2 Å². The Kier molecular flexibility index (Phi) is 7.81.